The molecule has 0 spiro atoms. The SMILES string of the molecule is Cc1ccc(-c2ccccc2OCC(=O)N2CCC(CCc3ccccc3)CC2)nn1. The zero-order valence-electron chi connectivity index (χ0n) is 18.0. The minimum Gasteiger partial charge on any atom is -0.483 e. The molecule has 5 nitrogen and oxygen atoms in total. The van der Waals surface area contributed by atoms with E-state index in [2.05, 4.69) is 40.5 Å². The molecule has 0 radical (unpaired) electrons. The number of carbonyl (C=O) groups is 1. The summed E-state index contributed by atoms with van der Waals surface area (Å²) < 4.78 is 5.91. The normalized spacial score (nSPS) is 14.4. The number of hydrogen-bond donors (Lipinski definition) is 0. The Morgan fingerprint density at radius 2 is 1.71 bits per heavy atom. The first-order valence-corrected chi connectivity index (χ1v) is 11.0. The van der Waals surface area contributed by atoms with Crippen LogP contribution in [0.1, 0.15) is 30.5 Å². The molecule has 2 heterocycles. The second kappa shape index (κ2) is 10.2. The minimum atomic E-state index is 0.0466. The van der Waals surface area contributed by atoms with Gasteiger partial charge in [-0.25, -0.2) is 0 Å². The first-order chi connectivity index (χ1) is 15.2. The highest BCUT2D eigenvalue weighted by atomic mass is 16.5. The summed E-state index contributed by atoms with van der Waals surface area (Å²) in [5.74, 6) is 1.39. The van der Waals surface area contributed by atoms with Crippen molar-refractivity contribution >= 4 is 5.91 Å². The lowest BCUT2D eigenvalue weighted by Crippen LogP contribution is -2.41. The highest BCUT2D eigenvalue weighted by molar-refractivity contribution is 5.78. The van der Waals surface area contributed by atoms with Crippen LogP contribution in [-0.4, -0.2) is 40.7 Å². The lowest BCUT2D eigenvalue weighted by Gasteiger charge is -2.32. The van der Waals surface area contributed by atoms with Gasteiger partial charge in [0.15, 0.2) is 6.61 Å². The molecular formula is C26H29N3O2. The summed E-state index contributed by atoms with van der Waals surface area (Å²) in [7, 11) is 0. The number of para-hydroxylation sites is 1. The predicted molar refractivity (Wildman–Crippen MR) is 122 cm³/mol. The van der Waals surface area contributed by atoms with E-state index in [0.29, 0.717) is 11.7 Å². The van der Waals surface area contributed by atoms with Crippen LogP contribution in [0.3, 0.4) is 0 Å². The summed E-state index contributed by atoms with van der Waals surface area (Å²) in [6.07, 6.45) is 4.43. The Balaban J connectivity index is 1.27. The Morgan fingerprint density at radius 1 is 0.968 bits per heavy atom. The quantitative estimate of drug-likeness (QED) is 0.561. The first kappa shape index (κ1) is 21.0. The molecule has 1 aliphatic rings. The highest BCUT2D eigenvalue weighted by Gasteiger charge is 2.23. The van der Waals surface area contributed by atoms with Gasteiger partial charge in [-0.2, -0.15) is 10.2 Å². The van der Waals surface area contributed by atoms with E-state index in [4.69, 9.17) is 4.74 Å². The molecule has 1 aromatic heterocycles. The molecule has 3 aromatic rings. The van der Waals surface area contributed by atoms with E-state index in [0.717, 1.165) is 49.3 Å². The predicted octanol–water partition coefficient (Wildman–Crippen LogP) is 4.70. The van der Waals surface area contributed by atoms with Crippen molar-refractivity contribution in [2.75, 3.05) is 19.7 Å². The maximum Gasteiger partial charge on any atom is 0.260 e. The Bertz CT molecular complexity index is 981. The van der Waals surface area contributed by atoms with Crippen molar-refractivity contribution in [3.8, 4) is 17.0 Å². The number of aromatic nitrogens is 2. The van der Waals surface area contributed by atoms with E-state index in [9.17, 15) is 4.79 Å². The number of rotatable bonds is 7. The molecule has 2 aromatic carbocycles. The van der Waals surface area contributed by atoms with Gasteiger partial charge >= 0.3 is 0 Å². The molecule has 0 aliphatic carbocycles. The average molecular weight is 416 g/mol. The van der Waals surface area contributed by atoms with Gasteiger partial charge in [0.1, 0.15) is 5.75 Å². The largest absolute Gasteiger partial charge is 0.483 e. The van der Waals surface area contributed by atoms with Gasteiger partial charge in [0.2, 0.25) is 0 Å². The van der Waals surface area contributed by atoms with Crippen LogP contribution in [-0.2, 0) is 11.2 Å². The number of ether oxygens (including phenoxy) is 1. The maximum atomic E-state index is 12.7. The van der Waals surface area contributed by atoms with E-state index in [1.165, 1.54) is 12.0 Å². The Hall–Kier alpha value is -3.21. The van der Waals surface area contributed by atoms with Gasteiger partial charge in [-0.1, -0.05) is 42.5 Å². The van der Waals surface area contributed by atoms with Crippen molar-refractivity contribution in [1.29, 1.82) is 0 Å². The average Bonchev–Trinajstić information content (AvgIpc) is 2.83. The summed E-state index contributed by atoms with van der Waals surface area (Å²) in [5.41, 5.74) is 3.85. The number of benzene rings is 2. The van der Waals surface area contributed by atoms with Crippen LogP contribution in [0.25, 0.3) is 11.3 Å². The van der Waals surface area contributed by atoms with Gasteiger partial charge in [-0.15, -0.1) is 0 Å². The molecule has 5 heteroatoms. The van der Waals surface area contributed by atoms with E-state index >= 15 is 0 Å². The van der Waals surface area contributed by atoms with Gasteiger partial charge in [0.25, 0.3) is 5.91 Å². The fourth-order valence-corrected chi connectivity index (χ4v) is 4.06. The van der Waals surface area contributed by atoms with Crippen LogP contribution < -0.4 is 4.74 Å². The molecule has 4 rings (SSSR count). The summed E-state index contributed by atoms with van der Waals surface area (Å²) in [6.45, 7) is 3.58. The van der Waals surface area contributed by atoms with Crippen LogP contribution in [0.4, 0.5) is 0 Å². The lowest BCUT2D eigenvalue weighted by molar-refractivity contribution is -0.134. The van der Waals surface area contributed by atoms with Crippen molar-refractivity contribution in [1.82, 2.24) is 15.1 Å². The molecule has 31 heavy (non-hydrogen) atoms. The topological polar surface area (TPSA) is 55.3 Å². The van der Waals surface area contributed by atoms with E-state index in [1.807, 2.05) is 48.2 Å². The molecule has 1 amide bonds. The molecule has 1 saturated heterocycles. The van der Waals surface area contributed by atoms with E-state index in [-0.39, 0.29) is 12.5 Å². The number of hydrogen-bond acceptors (Lipinski definition) is 4. The zero-order valence-corrected chi connectivity index (χ0v) is 18.0. The van der Waals surface area contributed by atoms with E-state index in [1.54, 1.807) is 0 Å². The third-order valence-corrected chi connectivity index (χ3v) is 5.96. The van der Waals surface area contributed by atoms with Crippen LogP contribution in [0.2, 0.25) is 0 Å². The third-order valence-electron chi connectivity index (χ3n) is 5.96. The van der Waals surface area contributed by atoms with Gasteiger partial charge in [-0.05, 0) is 68.4 Å². The molecule has 1 aliphatic heterocycles. The van der Waals surface area contributed by atoms with Gasteiger partial charge in [0, 0.05) is 18.7 Å². The van der Waals surface area contributed by atoms with Crippen molar-refractivity contribution in [2.45, 2.75) is 32.6 Å². The van der Waals surface area contributed by atoms with Crippen molar-refractivity contribution in [3.63, 3.8) is 0 Å². The van der Waals surface area contributed by atoms with Crippen molar-refractivity contribution in [2.24, 2.45) is 5.92 Å². The summed E-state index contributed by atoms with van der Waals surface area (Å²) in [6, 6.07) is 22.1. The summed E-state index contributed by atoms with van der Waals surface area (Å²) >= 11 is 0. The smallest absolute Gasteiger partial charge is 0.260 e. The highest BCUT2D eigenvalue weighted by Crippen LogP contribution is 2.28. The molecular weight excluding hydrogens is 386 g/mol. The maximum absolute atomic E-state index is 12.7. The number of carbonyl (C=O) groups excluding carboxylic acids is 1. The summed E-state index contributed by atoms with van der Waals surface area (Å²) in [5, 5.41) is 8.37. The molecule has 0 saturated carbocycles. The second-order valence-corrected chi connectivity index (χ2v) is 8.19. The first-order valence-electron chi connectivity index (χ1n) is 11.0. The van der Waals surface area contributed by atoms with Crippen LogP contribution in [0.5, 0.6) is 5.75 Å². The second-order valence-electron chi connectivity index (χ2n) is 8.19. The zero-order chi connectivity index (χ0) is 21.5. The summed E-state index contributed by atoms with van der Waals surface area (Å²) in [4.78, 5) is 14.7. The Labute approximate surface area is 184 Å². The van der Waals surface area contributed by atoms with Crippen molar-refractivity contribution in [3.05, 3.63) is 78.0 Å². The number of piperidine rings is 1. The van der Waals surface area contributed by atoms with Gasteiger partial charge in [0.05, 0.1) is 11.4 Å². The molecule has 0 unspecified atom stereocenters. The minimum absolute atomic E-state index is 0.0466. The lowest BCUT2D eigenvalue weighted by atomic mass is 9.90. The number of nitrogens with zero attached hydrogens (tertiary/aromatic N) is 3. The van der Waals surface area contributed by atoms with E-state index < -0.39 is 0 Å². The monoisotopic (exact) mass is 415 g/mol. The molecule has 160 valence electrons. The Morgan fingerprint density at radius 3 is 2.45 bits per heavy atom. The number of likely N-dealkylation sites (tertiary alicyclic amines) is 1. The van der Waals surface area contributed by atoms with Gasteiger partial charge in [-0.3, -0.25) is 4.79 Å². The fraction of sp³-hybridized carbons (Fsp3) is 0.346. The third kappa shape index (κ3) is 5.69. The number of amides is 1. The number of aryl methyl sites for hydroxylation is 2. The Kier molecular flexibility index (Phi) is 6.92. The van der Waals surface area contributed by atoms with Crippen LogP contribution >= 0.6 is 0 Å². The molecule has 0 atom stereocenters. The molecule has 0 N–H and O–H groups in total. The fourth-order valence-electron chi connectivity index (χ4n) is 4.06. The standard InChI is InChI=1S/C26H29N3O2/c1-20-11-14-24(28-27-20)23-9-5-6-10-25(23)31-19-26(30)29-17-15-22(16-18-29)13-12-21-7-3-2-4-8-21/h2-11,14,22H,12-13,15-19H2,1H3. The molecule has 0 bridgehead atoms. The molecule has 1 fully saturated rings. The van der Waals surface area contributed by atoms with Crippen LogP contribution in [0, 0.1) is 12.8 Å². The van der Waals surface area contributed by atoms with Crippen LogP contribution in [0.15, 0.2) is 66.7 Å². The van der Waals surface area contributed by atoms with Crippen molar-refractivity contribution < 1.29 is 9.53 Å². The van der Waals surface area contributed by atoms with Gasteiger partial charge < -0.3 is 9.64 Å².